The molecule has 2 rings (SSSR count). The van der Waals surface area contributed by atoms with E-state index in [1.165, 1.54) is 16.1 Å². The van der Waals surface area contributed by atoms with Crippen molar-refractivity contribution < 1.29 is 0 Å². The standard InChI is InChI=1S/C11H13ClN4S/c1-2-7-3-4-8(17-7)5-14-11-9(12)10(13)15-6-16-11/h3-4,6H,2,5H2,1H3,(H3,13,14,15,16). The Bertz CT molecular complexity index is 512. The van der Waals surface area contributed by atoms with Gasteiger partial charge in [-0.05, 0) is 18.6 Å². The van der Waals surface area contributed by atoms with E-state index in [0.29, 0.717) is 23.2 Å². The Morgan fingerprint density at radius 2 is 2.12 bits per heavy atom. The number of rotatable bonds is 4. The van der Waals surface area contributed by atoms with Crippen LogP contribution in [0, 0.1) is 0 Å². The zero-order chi connectivity index (χ0) is 12.3. The lowest BCUT2D eigenvalue weighted by molar-refractivity contribution is 1.10. The molecule has 17 heavy (non-hydrogen) atoms. The van der Waals surface area contributed by atoms with E-state index in [-0.39, 0.29) is 0 Å². The zero-order valence-electron chi connectivity index (χ0n) is 9.40. The third-order valence-corrected chi connectivity index (χ3v) is 3.91. The smallest absolute Gasteiger partial charge is 0.150 e. The first kappa shape index (κ1) is 12.1. The molecule has 0 aromatic carbocycles. The van der Waals surface area contributed by atoms with Gasteiger partial charge in [-0.1, -0.05) is 18.5 Å². The van der Waals surface area contributed by atoms with Gasteiger partial charge in [0.25, 0.3) is 0 Å². The molecule has 3 N–H and O–H groups in total. The second-order valence-electron chi connectivity index (χ2n) is 3.50. The summed E-state index contributed by atoms with van der Waals surface area (Å²) in [6, 6.07) is 4.24. The van der Waals surface area contributed by atoms with Crippen LogP contribution in [-0.4, -0.2) is 9.97 Å². The van der Waals surface area contributed by atoms with Crippen LogP contribution in [0.2, 0.25) is 5.02 Å². The van der Waals surface area contributed by atoms with Gasteiger partial charge in [-0.15, -0.1) is 11.3 Å². The van der Waals surface area contributed by atoms with Gasteiger partial charge in [0.2, 0.25) is 0 Å². The van der Waals surface area contributed by atoms with Crippen molar-refractivity contribution in [2.45, 2.75) is 19.9 Å². The first-order valence-electron chi connectivity index (χ1n) is 5.28. The Hall–Kier alpha value is -1.33. The van der Waals surface area contributed by atoms with Crippen molar-refractivity contribution in [2.75, 3.05) is 11.1 Å². The fourth-order valence-corrected chi connectivity index (χ4v) is 2.45. The normalized spacial score (nSPS) is 10.5. The van der Waals surface area contributed by atoms with Crippen LogP contribution in [0.15, 0.2) is 18.5 Å². The van der Waals surface area contributed by atoms with Gasteiger partial charge in [-0.3, -0.25) is 0 Å². The number of halogens is 1. The van der Waals surface area contributed by atoms with Crippen LogP contribution in [0.4, 0.5) is 11.6 Å². The highest BCUT2D eigenvalue weighted by Crippen LogP contribution is 2.24. The molecule has 6 heteroatoms. The van der Waals surface area contributed by atoms with Crippen LogP contribution in [0.1, 0.15) is 16.7 Å². The predicted molar refractivity (Wildman–Crippen MR) is 72.5 cm³/mol. The molecule has 0 atom stereocenters. The Balaban J connectivity index is 2.04. The molecular weight excluding hydrogens is 256 g/mol. The Morgan fingerprint density at radius 1 is 1.35 bits per heavy atom. The van der Waals surface area contributed by atoms with Gasteiger partial charge < -0.3 is 11.1 Å². The van der Waals surface area contributed by atoms with Crippen molar-refractivity contribution in [1.29, 1.82) is 0 Å². The van der Waals surface area contributed by atoms with Crippen molar-refractivity contribution in [1.82, 2.24) is 9.97 Å². The maximum Gasteiger partial charge on any atom is 0.150 e. The van der Waals surface area contributed by atoms with Crippen molar-refractivity contribution in [2.24, 2.45) is 0 Å². The summed E-state index contributed by atoms with van der Waals surface area (Å²) in [5.74, 6) is 0.871. The summed E-state index contributed by atoms with van der Waals surface area (Å²) in [5.41, 5.74) is 5.59. The van der Waals surface area contributed by atoms with E-state index in [0.717, 1.165) is 6.42 Å². The number of nitrogens with one attached hydrogen (secondary N) is 1. The van der Waals surface area contributed by atoms with Crippen LogP contribution in [0.5, 0.6) is 0 Å². The number of aryl methyl sites for hydroxylation is 1. The lowest BCUT2D eigenvalue weighted by Crippen LogP contribution is -2.03. The average molecular weight is 269 g/mol. The largest absolute Gasteiger partial charge is 0.382 e. The first-order valence-corrected chi connectivity index (χ1v) is 6.47. The van der Waals surface area contributed by atoms with E-state index >= 15 is 0 Å². The summed E-state index contributed by atoms with van der Waals surface area (Å²) in [4.78, 5) is 10.5. The average Bonchev–Trinajstić information content (AvgIpc) is 2.79. The second kappa shape index (κ2) is 5.33. The lowest BCUT2D eigenvalue weighted by Gasteiger charge is -2.06. The van der Waals surface area contributed by atoms with Gasteiger partial charge in [0.05, 0.1) is 6.54 Å². The number of hydrogen-bond acceptors (Lipinski definition) is 5. The third-order valence-electron chi connectivity index (χ3n) is 2.31. The molecule has 90 valence electrons. The fraction of sp³-hybridized carbons (Fsp3) is 0.273. The quantitative estimate of drug-likeness (QED) is 0.895. The highest BCUT2D eigenvalue weighted by Gasteiger charge is 2.06. The second-order valence-corrected chi connectivity index (χ2v) is 5.13. The monoisotopic (exact) mass is 268 g/mol. The molecule has 2 aromatic heterocycles. The molecule has 2 heterocycles. The van der Waals surface area contributed by atoms with E-state index in [2.05, 4.69) is 34.3 Å². The Morgan fingerprint density at radius 3 is 2.82 bits per heavy atom. The van der Waals surface area contributed by atoms with Gasteiger partial charge >= 0.3 is 0 Å². The minimum atomic E-state index is 0.296. The minimum Gasteiger partial charge on any atom is -0.382 e. The molecule has 0 saturated carbocycles. The molecule has 0 amide bonds. The zero-order valence-corrected chi connectivity index (χ0v) is 11.0. The molecular formula is C11H13ClN4S. The number of nitrogen functional groups attached to an aromatic ring is 1. The molecule has 0 fully saturated rings. The molecule has 2 aromatic rings. The molecule has 0 aliphatic rings. The first-order chi connectivity index (χ1) is 8.20. The van der Waals surface area contributed by atoms with E-state index < -0.39 is 0 Å². The van der Waals surface area contributed by atoms with E-state index in [4.69, 9.17) is 17.3 Å². The van der Waals surface area contributed by atoms with Crippen molar-refractivity contribution in [3.05, 3.63) is 33.2 Å². The van der Waals surface area contributed by atoms with Gasteiger partial charge in [0, 0.05) is 9.75 Å². The summed E-state index contributed by atoms with van der Waals surface area (Å²) in [6.45, 7) is 2.84. The summed E-state index contributed by atoms with van der Waals surface area (Å²) in [7, 11) is 0. The third kappa shape index (κ3) is 2.87. The number of hydrogen-bond donors (Lipinski definition) is 2. The number of anilines is 2. The molecule has 0 bridgehead atoms. The minimum absolute atomic E-state index is 0.296. The van der Waals surface area contributed by atoms with Gasteiger partial charge in [-0.25, -0.2) is 9.97 Å². The number of nitrogens with two attached hydrogens (primary N) is 1. The van der Waals surface area contributed by atoms with Crippen LogP contribution in [0.25, 0.3) is 0 Å². The number of aromatic nitrogens is 2. The molecule has 0 unspecified atom stereocenters. The number of thiophene rings is 1. The summed E-state index contributed by atoms with van der Waals surface area (Å²) in [5, 5.41) is 3.53. The van der Waals surface area contributed by atoms with Crippen molar-refractivity contribution in [3.63, 3.8) is 0 Å². The van der Waals surface area contributed by atoms with Crippen LogP contribution < -0.4 is 11.1 Å². The van der Waals surface area contributed by atoms with Crippen LogP contribution in [0.3, 0.4) is 0 Å². The molecule has 0 aliphatic carbocycles. The molecule has 0 radical (unpaired) electrons. The van der Waals surface area contributed by atoms with Crippen molar-refractivity contribution in [3.8, 4) is 0 Å². The maximum atomic E-state index is 5.98. The molecule has 0 spiro atoms. The molecule has 0 saturated heterocycles. The van der Waals surface area contributed by atoms with Crippen LogP contribution >= 0.6 is 22.9 Å². The predicted octanol–water partition coefficient (Wildman–Crippen LogP) is 2.95. The fourth-order valence-electron chi connectivity index (χ4n) is 1.38. The Kier molecular flexibility index (Phi) is 3.81. The highest BCUT2D eigenvalue weighted by atomic mass is 35.5. The molecule has 4 nitrogen and oxygen atoms in total. The van der Waals surface area contributed by atoms with Gasteiger partial charge in [0.15, 0.2) is 5.82 Å². The highest BCUT2D eigenvalue weighted by molar-refractivity contribution is 7.12. The van der Waals surface area contributed by atoms with E-state index in [9.17, 15) is 0 Å². The van der Waals surface area contributed by atoms with Gasteiger partial charge in [-0.2, -0.15) is 0 Å². The Labute approximate surface area is 109 Å². The summed E-state index contributed by atoms with van der Waals surface area (Å²) < 4.78 is 0. The van der Waals surface area contributed by atoms with Crippen LogP contribution in [-0.2, 0) is 13.0 Å². The molecule has 0 aliphatic heterocycles. The summed E-state index contributed by atoms with van der Waals surface area (Å²) in [6.07, 6.45) is 2.46. The maximum absolute atomic E-state index is 5.98. The van der Waals surface area contributed by atoms with E-state index in [1.807, 2.05) is 0 Å². The van der Waals surface area contributed by atoms with E-state index in [1.54, 1.807) is 11.3 Å². The van der Waals surface area contributed by atoms with Gasteiger partial charge in [0.1, 0.15) is 17.2 Å². The lowest BCUT2D eigenvalue weighted by atomic mass is 10.3. The SMILES string of the molecule is CCc1ccc(CNc2ncnc(N)c2Cl)s1. The summed E-state index contributed by atoms with van der Waals surface area (Å²) >= 11 is 7.76. The number of nitrogens with zero attached hydrogens (tertiary/aromatic N) is 2. The van der Waals surface area contributed by atoms with Crippen molar-refractivity contribution >= 4 is 34.6 Å². The topological polar surface area (TPSA) is 63.8 Å².